The molecule has 1 amide bonds. The van der Waals surface area contributed by atoms with E-state index < -0.39 is 5.60 Å². The summed E-state index contributed by atoms with van der Waals surface area (Å²) in [6.45, 7) is 14.1. The van der Waals surface area contributed by atoms with E-state index in [0.717, 1.165) is 25.6 Å². The van der Waals surface area contributed by atoms with E-state index in [2.05, 4.69) is 29.1 Å². The maximum Gasteiger partial charge on any atom is 0.410 e. The van der Waals surface area contributed by atoms with Crippen LogP contribution in [0.1, 0.15) is 47.5 Å². The van der Waals surface area contributed by atoms with Gasteiger partial charge in [-0.3, -0.25) is 4.99 Å². The van der Waals surface area contributed by atoms with Gasteiger partial charge >= 0.3 is 6.09 Å². The Bertz CT molecular complexity index is 404. The fourth-order valence-electron chi connectivity index (χ4n) is 2.54. The van der Waals surface area contributed by atoms with Crippen LogP contribution in [0.25, 0.3) is 0 Å². The van der Waals surface area contributed by atoms with Crippen molar-refractivity contribution in [2.45, 2.75) is 53.1 Å². The predicted octanol–water partition coefficient (Wildman–Crippen LogP) is 2.55. The molecular weight excluding hydrogens is 292 g/mol. The maximum absolute atomic E-state index is 11.9. The molecule has 1 atom stereocenters. The van der Waals surface area contributed by atoms with Crippen molar-refractivity contribution in [3.63, 3.8) is 0 Å². The number of amides is 1. The minimum Gasteiger partial charge on any atom is -0.444 e. The van der Waals surface area contributed by atoms with Crippen molar-refractivity contribution in [2.24, 2.45) is 10.9 Å². The number of carbonyl (C=O) groups is 1. The Labute approximate surface area is 141 Å². The molecule has 1 unspecified atom stereocenters. The highest BCUT2D eigenvalue weighted by atomic mass is 16.6. The molecule has 6 nitrogen and oxygen atoms in total. The Balaban J connectivity index is 2.52. The Hall–Kier alpha value is -1.46. The molecular formula is C17H34N4O2. The van der Waals surface area contributed by atoms with Gasteiger partial charge in [-0.05, 0) is 46.5 Å². The first-order chi connectivity index (χ1) is 10.7. The third kappa shape index (κ3) is 7.57. The third-order valence-corrected chi connectivity index (χ3v) is 3.69. The van der Waals surface area contributed by atoms with E-state index >= 15 is 0 Å². The number of nitrogens with zero attached hydrogens (tertiary/aromatic N) is 3. The number of likely N-dealkylation sites (N-methyl/N-ethyl adjacent to an activating group) is 1. The normalized spacial score (nSPS) is 19.5. The van der Waals surface area contributed by atoms with Gasteiger partial charge < -0.3 is 19.9 Å². The number of hydrogen-bond donors (Lipinski definition) is 1. The van der Waals surface area contributed by atoms with E-state index in [4.69, 9.17) is 4.74 Å². The lowest BCUT2D eigenvalue weighted by atomic mass is 10.0. The van der Waals surface area contributed by atoms with Crippen LogP contribution in [-0.4, -0.2) is 67.2 Å². The van der Waals surface area contributed by atoms with Gasteiger partial charge in [0.1, 0.15) is 5.60 Å². The molecule has 0 aliphatic carbocycles. The van der Waals surface area contributed by atoms with Gasteiger partial charge in [0.15, 0.2) is 5.96 Å². The SMILES string of the molecule is CCNC(=NCCN(C)C(=O)OC(C)(C)C)N1CCCC(C)C1. The van der Waals surface area contributed by atoms with Crippen molar-refractivity contribution < 1.29 is 9.53 Å². The minimum absolute atomic E-state index is 0.302. The van der Waals surface area contributed by atoms with E-state index in [1.165, 1.54) is 12.8 Å². The van der Waals surface area contributed by atoms with E-state index in [0.29, 0.717) is 19.0 Å². The highest BCUT2D eigenvalue weighted by Gasteiger charge is 2.20. The topological polar surface area (TPSA) is 57.2 Å². The van der Waals surface area contributed by atoms with E-state index in [9.17, 15) is 4.79 Å². The summed E-state index contributed by atoms with van der Waals surface area (Å²) in [5, 5.41) is 3.36. The molecule has 0 aromatic carbocycles. The molecule has 1 aliphatic heterocycles. The van der Waals surface area contributed by atoms with Crippen molar-refractivity contribution >= 4 is 12.1 Å². The van der Waals surface area contributed by atoms with Crippen LogP contribution in [-0.2, 0) is 4.74 Å². The van der Waals surface area contributed by atoms with E-state index in [1.54, 1.807) is 11.9 Å². The monoisotopic (exact) mass is 326 g/mol. The smallest absolute Gasteiger partial charge is 0.410 e. The van der Waals surface area contributed by atoms with Crippen LogP contribution in [0.5, 0.6) is 0 Å². The summed E-state index contributed by atoms with van der Waals surface area (Å²) in [7, 11) is 1.75. The van der Waals surface area contributed by atoms with E-state index in [-0.39, 0.29) is 6.09 Å². The quantitative estimate of drug-likeness (QED) is 0.637. The van der Waals surface area contributed by atoms with Crippen molar-refractivity contribution in [3.8, 4) is 0 Å². The fraction of sp³-hybridized carbons (Fsp3) is 0.882. The van der Waals surface area contributed by atoms with Gasteiger partial charge in [-0.15, -0.1) is 0 Å². The largest absolute Gasteiger partial charge is 0.444 e. The molecule has 1 fully saturated rings. The zero-order valence-corrected chi connectivity index (χ0v) is 15.7. The maximum atomic E-state index is 11.9. The van der Waals surface area contributed by atoms with Gasteiger partial charge in [0, 0.05) is 33.2 Å². The molecule has 1 heterocycles. The number of guanidine groups is 1. The van der Waals surface area contributed by atoms with E-state index in [1.807, 2.05) is 20.8 Å². The van der Waals surface area contributed by atoms with Crippen molar-refractivity contribution in [1.82, 2.24) is 15.1 Å². The average Bonchev–Trinajstić information content (AvgIpc) is 2.44. The van der Waals surface area contributed by atoms with Gasteiger partial charge in [-0.1, -0.05) is 6.92 Å². The second-order valence-corrected chi connectivity index (χ2v) is 7.33. The van der Waals surface area contributed by atoms with Crippen LogP contribution >= 0.6 is 0 Å². The van der Waals surface area contributed by atoms with Crippen molar-refractivity contribution in [1.29, 1.82) is 0 Å². The average molecular weight is 326 g/mol. The molecule has 23 heavy (non-hydrogen) atoms. The second-order valence-electron chi connectivity index (χ2n) is 7.33. The first kappa shape index (κ1) is 19.6. The number of piperidine rings is 1. The molecule has 0 saturated carbocycles. The molecule has 0 aromatic heterocycles. The van der Waals surface area contributed by atoms with Crippen LogP contribution in [0.2, 0.25) is 0 Å². The molecule has 1 N–H and O–H groups in total. The third-order valence-electron chi connectivity index (χ3n) is 3.69. The molecule has 0 bridgehead atoms. The summed E-state index contributed by atoms with van der Waals surface area (Å²) < 4.78 is 5.35. The van der Waals surface area contributed by atoms with Gasteiger partial charge in [0.25, 0.3) is 0 Å². The van der Waals surface area contributed by atoms with Crippen molar-refractivity contribution in [2.75, 3.05) is 39.8 Å². The number of hydrogen-bond acceptors (Lipinski definition) is 3. The van der Waals surface area contributed by atoms with Crippen LogP contribution in [0.4, 0.5) is 4.79 Å². The summed E-state index contributed by atoms with van der Waals surface area (Å²) >= 11 is 0. The lowest BCUT2D eigenvalue weighted by molar-refractivity contribution is 0.0304. The highest BCUT2D eigenvalue weighted by molar-refractivity contribution is 5.80. The molecule has 6 heteroatoms. The number of ether oxygens (including phenoxy) is 1. The molecule has 134 valence electrons. The molecule has 1 saturated heterocycles. The van der Waals surface area contributed by atoms with Crippen LogP contribution in [0.15, 0.2) is 4.99 Å². The number of rotatable bonds is 4. The van der Waals surface area contributed by atoms with Crippen LogP contribution in [0.3, 0.4) is 0 Å². The summed E-state index contributed by atoms with van der Waals surface area (Å²) in [5.41, 5.74) is -0.465. The lowest BCUT2D eigenvalue weighted by Crippen LogP contribution is -2.46. The van der Waals surface area contributed by atoms with Gasteiger partial charge in [-0.25, -0.2) is 4.79 Å². The number of likely N-dealkylation sites (tertiary alicyclic amines) is 1. The van der Waals surface area contributed by atoms with Crippen LogP contribution in [0, 0.1) is 5.92 Å². The number of aliphatic imine (C=N–C) groups is 1. The fourth-order valence-corrected chi connectivity index (χ4v) is 2.54. The molecule has 0 aromatic rings. The lowest BCUT2D eigenvalue weighted by Gasteiger charge is -2.33. The van der Waals surface area contributed by atoms with Crippen LogP contribution < -0.4 is 5.32 Å². The van der Waals surface area contributed by atoms with Gasteiger partial charge in [0.2, 0.25) is 0 Å². The summed E-state index contributed by atoms with van der Waals surface area (Å²) in [4.78, 5) is 20.5. The van der Waals surface area contributed by atoms with Gasteiger partial charge in [-0.2, -0.15) is 0 Å². The Morgan fingerprint density at radius 2 is 2.13 bits per heavy atom. The Morgan fingerprint density at radius 1 is 1.43 bits per heavy atom. The standard InChI is InChI=1S/C17H34N4O2/c1-7-18-15(21-11-8-9-14(2)13-21)19-10-12-20(6)16(22)23-17(3,4)5/h14H,7-13H2,1-6H3,(H,18,19). The zero-order valence-electron chi connectivity index (χ0n) is 15.7. The first-order valence-corrected chi connectivity index (χ1v) is 8.70. The Morgan fingerprint density at radius 3 is 2.70 bits per heavy atom. The number of carbonyl (C=O) groups excluding carboxylic acids is 1. The van der Waals surface area contributed by atoms with Crippen molar-refractivity contribution in [3.05, 3.63) is 0 Å². The molecule has 1 rings (SSSR count). The summed E-state index contributed by atoms with van der Waals surface area (Å²) in [6.07, 6.45) is 2.20. The van der Waals surface area contributed by atoms with Gasteiger partial charge in [0.05, 0.1) is 6.54 Å². The number of nitrogens with one attached hydrogen (secondary N) is 1. The predicted molar refractivity (Wildman–Crippen MR) is 94.8 cm³/mol. The molecule has 1 aliphatic rings. The first-order valence-electron chi connectivity index (χ1n) is 8.70. The Kier molecular flexibility index (Phi) is 7.65. The molecule has 0 spiro atoms. The molecule has 0 radical (unpaired) electrons. The highest BCUT2D eigenvalue weighted by Crippen LogP contribution is 2.15. The second kappa shape index (κ2) is 8.99. The summed E-state index contributed by atoms with van der Waals surface area (Å²) in [5.74, 6) is 1.66. The minimum atomic E-state index is -0.465. The zero-order chi connectivity index (χ0) is 17.5. The summed E-state index contributed by atoms with van der Waals surface area (Å²) in [6, 6.07) is 0.